The molecule has 0 spiro atoms. The molecule has 0 bridgehead atoms. The monoisotopic (exact) mass is 346 g/mol. The van der Waals surface area contributed by atoms with Gasteiger partial charge in [0, 0.05) is 5.75 Å². The zero-order valence-electron chi connectivity index (χ0n) is 14.6. The van der Waals surface area contributed by atoms with Crippen LogP contribution in [-0.4, -0.2) is 5.17 Å². The second-order valence-corrected chi connectivity index (χ2v) is 7.14. The third-order valence-electron chi connectivity index (χ3n) is 3.89. The Labute approximate surface area is 153 Å². The first-order valence-electron chi connectivity index (χ1n) is 8.30. The third-order valence-corrected chi connectivity index (χ3v) is 4.76. The van der Waals surface area contributed by atoms with Crippen molar-refractivity contribution in [1.82, 2.24) is 0 Å². The van der Waals surface area contributed by atoms with Crippen LogP contribution < -0.4 is 5.73 Å². The van der Waals surface area contributed by atoms with E-state index in [0.717, 1.165) is 11.4 Å². The predicted octanol–water partition coefficient (Wildman–Crippen LogP) is 5.85. The normalized spacial score (nSPS) is 11.5. The Morgan fingerprint density at radius 1 is 0.840 bits per heavy atom. The quantitative estimate of drug-likeness (QED) is 0.475. The lowest BCUT2D eigenvalue weighted by molar-refractivity contribution is 1.35. The van der Waals surface area contributed by atoms with Crippen LogP contribution in [-0.2, 0) is 5.75 Å². The van der Waals surface area contributed by atoms with Crippen LogP contribution in [0.3, 0.4) is 0 Å². The molecule has 25 heavy (non-hydrogen) atoms. The van der Waals surface area contributed by atoms with Crippen molar-refractivity contribution in [2.75, 3.05) is 0 Å². The van der Waals surface area contributed by atoms with Crippen molar-refractivity contribution in [3.05, 3.63) is 89.5 Å². The molecule has 3 aromatic carbocycles. The van der Waals surface area contributed by atoms with E-state index in [0.29, 0.717) is 5.17 Å². The second kappa shape index (κ2) is 8.04. The number of benzene rings is 3. The van der Waals surface area contributed by atoms with E-state index < -0.39 is 0 Å². The van der Waals surface area contributed by atoms with Crippen LogP contribution in [0.2, 0.25) is 0 Å². The van der Waals surface area contributed by atoms with Gasteiger partial charge in [-0.2, -0.15) is 0 Å². The SMILES string of the molecule is Cc1cc(C)cc(N=C(N)SCc2ccc(-c3ccccc3)cc2)c1. The molecule has 0 unspecified atom stereocenters. The maximum Gasteiger partial charge on any atom is 0.159 e. The van der Waals surface area contributed by atoms with Gasteiger partial charge in [0.1, 0.15) is 0 Å². The molecule has 3 heteroatoms. The summed E-state index contributed by atoms with van der Waals surface area (Å²) in [5.41, 5.74) is 13.1. The van der Waals surface area contributed by atoms with Gasteiger partial charge in [-0.05, 0) is 53.8 Å². The first-order chi connectivity index (χ1) is 12.1. The molecule has 126 valence electrons. The van der Waals surface area contributed by atoms with E-state index in [-0.39, 0.29) is 0 Å². The Balaban J connectivity index is 1.64. The number of aliphatic imine (C=N–C) groups is 1. The Morgan fingerprint density at radius 2 is 1.44 bits per heavy atom. The van der Waals surface area contributed by atoms with Crippen LogP contribution in [0.5, 0.6) is 0 Å². The highest BCUT2D eigenvalue weighted by atomic mass is 32.2. The van der Waals surface area contributed by atoms with Gasteiger partial charge in [-0.1, -0.05) is 72.4 Å². The van der Waals surface area contributed by atoms with E-state index in [4.69, 9.17) is 5.73 Å². The van der Waals surface area contributed by atoms with Crippen LogP contribution in [0.1, 0.15) is 16.7 Å². The lowest BCUT2D eigenvalue weighted by Crippen LogP contribution is -2.06. The van der Waals surface area contributed by atoms with Crippen molar-refractivity contribution < 1.29 is 0 Å². The number of thioether (sulfide) groups is 1. The highest BCUT2D eigenvalue weighted by Gasteiger charge is 2.01. The summed E-state index contributed by atoms with van der Waals surface area (Å²) in [5, 5.41) is 0.595. The minimum atomic E-state index is 0.595. The molecule has 0 atom stereocenters. The summed E-state index contributed by atoms with van der Waals surface area (Å²) in [6.07, 6.45) is 0. The first kappa shape index (κ1) is 17.3. The predicted molar refractivity (Wildman–Crippen MR) is 110 cm³/mol. The van der Waals surface area contributed by atoms with E-state index in [1.54, 1.807) is 11.8 Å². The van der Waals surface area contributed by atoms with Crippen LogP contribution in [0.15, 0.2) is 77.8 Å². The smallest absolute Gasteiger partial charge is 0.159 e. The van der Waals surface area contributed by atoms with Crippen LogP contribution >= 0.6 is 11.8 Å². The number of hydrogen-bond donors (Lipinski definition) is 1. The molecule has 0 amide bonds. The van der Waals surface area contributed by atoms with Crippen LogP contribution in [0.25, 0.3) is 11.1 Å². The van der Waals surface area contributed by atoms with E-state index in [1.807, 2.05) is 6.07 Å². The average Bonchev–Trinajstić information content (AvgIpc) is 2.60. The summed E-state index contributed by atoms with van der Waals surface area (Å²) >= 11 is 1.57. The highest BCUT2D eigenvalue weighted by Crippen LogP contribution is 2.22. The number of aryl methyl sites for hydroxylation is 2. The Kier molecular flexibility index (Phi) is 5.56. The third kappa shape index (κ3) is 4.97. The minimum absolute atomic E-state index is 0.595. The van der Waals surface area contributed by atoms with Gasteiger partial charge < -0.3 is 5.73 Å². The molecule has 2 nitrogen and oxygen atoms in total. The Hall–Kier alpha value is -2.52. The zero-order chi connectivity index (χ0) is 17.6. The number of nitrogens with two attached hydrogens (primary N) is 1. The Bertz CT molecular complexity index is 848. The fourth-order valence-corrected chi connectivity index (χ4v) is 3.43. The zero-order valence-corrected chi connectivity index (χ0v) is 15.4. The molecule has 0 heterocycles. The molecule has 3 aromatic rings. The molecular weight excluding hydrogens is 324 g/mol. The number of nitrogens with zero attached hydrogens (tertiary/aromatic N) is 1. The van der Waals surface area contributed by atoms with Gasteiger partial charge >= 0.3 is 0 Å². The molecule has 0 aliphatic heterocycles. The van der Waals surface area contributed by atoms with Crippen molar-refractivity contribution in [3.63, 3.8) is 0 Å². The molecule has 0 fully saturated rings. The fourth-order valence-electron chi connectivity index (χ4n) is 2.76. The maximum atomic E-state index is 6.09. The number of rotatable bonds is 4. The number of amidine groups is 1. The van der Waals surface area contributed by atoms with Crippen molar-refractivity contribution in [2.24, 2.45) is 10.7 Å². The van der Waals surface area contributed by atoms with Crippen LogP contribution in [0.4, 0.5) is 5.69 Å². The highest BCUT2D eigenvalue weighted by molar-refractivity contribution is 8.13. The average molecular weight is 346 g/mol. The largest absolute Gasteiger partial charge is 0.378 e. The van der Waals surface area contributed by atoms with E-state index in [9.17, 15) is 0 Å². The number of hydrogen-bond acceptors (Lipinski definition) is 2. The molecule has 0 radical (unpaired) electrons. The molecular formula is C22H22N2S. The van der Waals surface area contributed by atoms with E-state index in [2.05, 4.69) is 85.6 Å². The Morgan fingerprint density at radius 3 is 2.08 bits per heavy atom. The van der Waals surface area contributed by atoms with Crippen molar-refractivity contribution in [1.29, 1.82) is 0 Å². The lowest BCUT2D eigenvalue weighted by Gasteiger charge is -2.05. The standard InChI is InChI=1S/C22H22N2S/c1-16-12-17(2)14-21(13-16)24-22(23)25-15-18-8-10-20(11-9-18)19-6-4-3-5-7-19/h3-14H,15H2,1-2H3,(H2,23,24). The molecule has 0 saturated heterocycles. The van der Waals surface area contributed by atoms with Gasteiger partial charge in [-0.3, -0.25) is 0 Å². The van der Waals surface area contributed by atoms with E-state index >= 15 is 0 Å². The molecule has 0 aromatic heterocycles. The summed E-state index contributed by atoms with van der Waals surface area (Å²) in [7, 11) is 0. The molecule has 3 rings (SSSR count). The van der Waals surface area contributed by atoms with Gasteiger partial charge in [-0.15, -0.1) is 0 Å². The first-order valence-corrected chi connectivity index (χ1v) is 9.28. The summed E-state index contributed by atoms with van der Waals surface area (Å²) in [6.45, 7) is 4.15. The van der Waals surface area contributed by atoms with Gasteiger partial charge in [0.05, 0.1) is 5.69 Å². The summed E-state index contributed by atoms with van der Waals surface area (Å²) < 4.78 is 0. The van der Waals surface area contributed by atoms with Crippen LogP contribution in [0, 0.1) is 13.8 Å². The summed E-state index contributed by atoms with van der Waals surface area (Å²) in [5.74, 6) is 0.815. The van der Waals surface area contributed by atoms with Gasteiger partial charge in [0.25, 0.3) is 0 Å². The topological polar surface area (TPSA) is 38.4 Å². The van der Waals surface area contributed by atoms with Gasteiger partial charge in [0.15, 0.2) is 5.17 Å². The van der Waals surface area contributed by atoms with Gasteiger partial charge in [-0.25, -0.2) is 4.99 Å². The molecule has 0 aliphatic carbocycles. The second-order valence-electron chi connectivity index (χ2n) is 6.15. The summed E-state index contributed by atoms with van der Waals surface area (Å²) in [6, 6.07) is 25.2. The van der Waals surface area contributed by atoms with Crippen molar-refractivity contribution in [3.8, 4) is 11.1 Å². The minimum Gasteiger partial charge on any atom is -0.378 e. The maximum absolute atomic E-state index is 6.09. The van der Waals surface area contributed by atoms with Crippen molar-refractivity contribution >= 4 is 22.6 Å². The lowest BCUT2D eigenvalue weighted by atomic mass is 10.0. The summed E-state index contributed by atoms with van der Waals surface area (Å²) in [4.78, 5) is 4.52. The fraction of sp³-hybridized carbons (Fsp3) is 0.136. The molecule has 2 N–H and O–H groups in total. The molecule has 0 aliphatic rings. The van der Waals surface area contributed by atoms with E-state index in [1.165, 1.54) is 27.8 Å². The van der Waals surface area contributed by atoms with Crippen molar-refractivity contribution in [2.45, 2.75) is 19.6 Å². The van der Waals surface area contributed by atoms with Gasteiger partial charge in [0.2, 0.25) is 0 Å². The molecule has 0 saturated carbocycles.